The van der Waals surface area contributed by atoms with E-state index in [1.54, 1.807) is 0 Å². The number of rotatable bonds is 2. The highest BCUT2D eigenvalue weighted by atomic mass is 16.4. The molecule has 1 aliphatic rings. The van der Waals surface area contributed by atoms with Crippen LogP contribution in [0.2, 0.25) is 0 Å². The Kier molecular flexibility index (Phi) is 2.15. The molecule has 1 N–H and O–H groups in total. The molecule has 7 heteroatoms. The van der Waals surface area contributed by atoms with Crippen LogP contribution in [0.25, 0.3) is 0 Å². The lowest BCUT2D eigenvalue weighted by Gasteiger charge is -2.01. The molecule has 0 spiro atoms. The van der Waals surface area contributed by atoms with Crippen molar-refractivity contribution in [2.24, 2.45) is 0 Å². The standard InChI is InChI=1S/C9H7N3O4/c1-12-8(15)4-3-10-5(2-6(13)14)11-7(4)9(12)16/h3H,2H2,1H3,(H,13,14). The molecule has 2 amide bonds. The molecular formula is C9H7N3O4. The van der Waals surface area contributed by atoms with Crippen LogP contribution in [-0.4, -0.2) is 44.8 Å². The van der Waals surface area contributed by atoms with E-state index in [0.29, 0.717) is 0 Å². The highest BCUT2D eigenvalue weighted by Gasteiger charge is 2.34. The minimum Gasteiger partial charge on any atom is -0.481 e. The van der Waals surface area contributed by atoms with Gasteiger partial charge in [-0.15, -0.1) is 0 Å². The summed E-state index contributed by atoms with van der Waals surface area (Å²) in [5.74, 6) is -2.08. The number of aliphatic carboxylic acids is 1. The first kappa shape index (κ1) is 10.2. The van der Waals surface area contributed by atoms with Gasteiger partial charge in [-0.2, -0.15) is 0 Å². The lowest BCUT2D eigenvalue weighted by Crippen LogP contribution is -2.24. The maximum atomic E-state index is 11.5. The average molecular weight is 221 g/mol. The largest absolute Gasteiger partial charge is 0.481 e. The zero-order chi connectivity index (χ0) is 11.9. The van der Waals surface area contributed by atoms with E-state index in [4.69, 9.17) is 5.11 Å². The van der Waals surface area contributed by atoms with Gasteiger partial charge in [-0.1, -0.05) is 0 Å². The second-order valence-electron chi connectivity index (χ2n) is 3.29. The van der Waals surface area contributed by atoms with Crippen LogP contribution in [0.1, 0.15) is 26.7 Å². The van der Waals surface area contributed by atoms with Gasteiger partial charge in [0.2, 0.25) is 0 Å². The van der Waals surface area contributed by atoms with Crippen LogP contribution >= 0.6 is 0 Å². The minimum absolute atomic E-state index is 0.0164. The van der Waals surface area contributed by atoms with Crippen LogP contribution in [-0.2, 0) is 11.2 Å². The van der Waals surface area contributed by atoms with Gasteiger partial charge in [0, 0.05) is 13.2 Å². The molecule has 0 bridgehead atoms. The smallest absolute Gasteiger partial charge is 0.311 e. The van der Waals surface area contributed by atoms with E-state index in [1.165, 1.54) is 13.2 Å². The zero-order valence-corrected chi connectivity index (χ0v) is 8.30. The van der Waals surface area contributed by atoms with Gasteiger partial charge in [-0.25, -0.2) is 9.97 Å². The topological polar surface area (TPSA) is 100 Å². The summed E-state index contributed by atoms with van der Waals surface area (Å²) < 4.78 is 0. The number of amides is 2. The number of carboxylic acids is 1. The molecule has 82 valence electrons. The van der Waals surface area contributed by atoms with Gasteiger partial charge in [0.25, 0.3) is 11.8 Å². The van der Waals surface area contributed by atoms with Gasteiger partial charge in [-0.3, -0.25) is 19.3 Å². The minimum atomic E-state index is -1.09. The van der Waals surface area contributed by atoms with Crippen molar-refractivity contribution in [3.63, 3.8) is 0 Å². The van der Waals surface area contributed by atoms with Crippen LogP contribution in [0, 0.1) is 0 Å². The highest BCUT2D eigenvalue weighted by Crippen LogP contribution is 2.18. The first-order valence-corrected chi connectivity index (χ1v) is 4.41. The number of carbonyl (C=O) groups is 3. The van der Waals surface area contributed by atoms with Crippen LogP contribution in [0.15, 0.2) is 6.20 Å². The summed E-state index contributed by atoms with van der Waals surface area (Å²) >= 11 is 0. The second kappa shape index (κ2) is 3.37. The van der Waals surface area contributed by atoms with Crippen molar-refractivity contribution in [1.82, 2.24) is 14.9 Å². The first-order valence-electron chi connectivity index (χ1n) is 4.41. The van der Waals surface area contributed by atoms with Crippen molar-refractivity contribution in [3.05, 3.63) is 23.3 Å². The van der Waals surface area contributed by atoms with E-state index < -0.39 is 17.8 Å². The normalized spacial score (nSPS) is 14.2. The zero-order valence-electron chi connectivity index (χ0n) is 8.30. The van der Waals surface area contributed by atoms with Crippen LogP contribution in [0.5, 0.6) is 0 Å². The Bertz CT molecular complexity index is 511. The number of hydrogen-bond acceptors (Lipinski definition) is 5. The van der Waals surface area contributed by atoms with Crippen molar-refractivity contribution >= 4 is 17.8 Å². The van der Waals surface area contributed by atoms with E-state index in [9.17, 15) is 14.4 Å². The van der Waals surface area contributed by atoms with Gasteiger partial charge in [0.15, 0.2) is 0 Å². The van der Waals surface area contributed by atoms with Crippen LogP contribution in [0.4, 0.5) is 0 Å². The van der Waals surface area contributed by atoms with E-state index in [2.05, 4.69) is 9.97 Å². The number of nitrogens with zero attached hydrogens (tertiary/aromatic N) is 3. The van der Waals surface area contributed by atoms with E-state index >= 15 is 0 Å². The van der Waals surface area contributed by atoms with E-state index in [0.717, 1.165) is 4.90 Å². The summed E-state index contributed by atoms with van der Waals surface area (Å²) in [5, 5.41) is 8.54. The Morgan fingerprint density at radius 3 is 2.75 bits per heavy atom. The molecule has 0 saturated heterocycles. The molecule has 0 radical (unpaired) electrons. The second-order valence-corrected chi connectivity index (χ2v) is 3.29. The van der Waals surface area contributed by atoms with E-state index in [1.807, 2.05) is 0 Å². The Morgan fingerprint density at radius 1 is 1.44 bits per heavy atom. The molecule has 0 atom stereocenters. The van der Waals surface area contributed by atoms with Crippen molar-refractivity contribution in [2.75, 3.05) is 7.05 Å². The molecule has 16 heavy (non-hydrogen) atoms. The lowest BCUT2D eigenvalue weighted by molar-refractivity contribution is -0.136. The maximum absolute atomic E-state index is 11.5. The average Bonchev–Trinajstić information content (AvgIpc) is 2.43. The molecule has 0 aliphatic carbocycles. The molecule has 0 saturated carbocycles. The summed E-state index contributed by atoms with van der Waals surface area (Å²) in [6.45, 7) is 0. The molecule has 1 aromatic heterocycles. The third-order valence-electron chi connectivity index (χ3n) is 2.19. The number of hydrogen-bond donors (Lipinski definition) is 1. The Morgan fingerprint density at radius 2 is 2.12 bits per heavy atom. The van der Waals surface area contributed by atoms with Crippen molar-refractivity contribution < 1.29 is 19.5 Å². The quantitative estimate of drug-likeness (QED) is 0.664. The Hall–Kier alpha value is -2.31. The summed E-state index contributed by atoms with van der Waals surface area (Å²) in [6, 6.07) is 0. The van der Waals surface area contributed by atoms with Crippen LogP contribution in [0.3, 0.4) is 0 Å². The molecular weight excluding hydrogens is 214 g/mol. The molecule has 7 nitrogen and oxygen atoms in total. The summed E-state index contributed by atoms with van der Waals surface area (Å²) in [6.07, 6.45) is 0.808. The van der Waals surface area contributed by atoms with Crippen molar-refractivity contribution in [2.45, 2.75) is 6.42 Å². The fraction of sp³-hybridized carbons (Fsp3) is 0.222. The van der Waals surface area contributed by atoms with Gasteiger partial charge < -0.3 is 5.11 Å². The molecule has 1 aromatic rings. The molecule has 2 rings (SSSR count). The monoisotopic (exact) mass is 221 g/mol. The summed E-state index contributed by atoms with van der Waals surface area (Å²) in [4.78, 5) is 41.8. The van der Waals surface area contributed by atoms with Crippen molar-refractivity contribution in [3.8, 4) is 0 Å². The van der Waals surface area contributed by atoms with Crippen molar-refractivity contribution in [1.29, 1.82) is 0 Å². The third kappa shape index (κ3) is 1.42. The summed E-state index contributed by atoms with van der Waals surface area (Å²) in [5.41, 5.74) is 0.0837. The van der Waals surface area contributed by atoms with Crippen LogP contribution < -0.4 is 0 Å². The fourth-order valence-electron chi connectivity index (χ4n) is 1.39. The maximum Gasteiger partial charge on any atom is 0.311 e. The first-order chi connectivity index (χ1) is 7.50. The predicted octanol–water partition coefficient (Wildman–Crippen LogP) is -0.671. The molecule has 1 aliphatic heterocycles. The van der Waals surface area contributed by atoms with Gasteiger partial charge in [0.05, 0.1) is 5.56 Å². The van der Waals surface area contributed by atoms with Gasteiger partial charge >= 0.3 is 5.97 Å². The molecule has 2 heterocycles. The Labute approximate surface area is 89.7 Å². The Balaban J connectivity index is 2.45. The lowest BCUT2D eigenvalue weighted by atomic mass is 10.2. The SMILES string of the molecule is CN1C(=O)c2cnc(CC(=O)O)nc2C1=O. The predicted molar refractivity (Wildman–Crippen MR) is 49.8 cm³/mol. The van der Waals surface area contributed by atoms with Gasteiger partial charge in [-0.05, 0) is 0 Å². The number of carbonyl (C=O) groups excluding carboxylic acids is 2. The molecule has 0 aromatic carbocycles. The molecule has 0 fully saturated rings. The number of imide groups is 1. The summed E-state index contributed by atoms with van der Waals surface area (Å²) in [7, 11) is 1.34. The molecule has 0 unspecified atom stereocenters. The fourth-order valence-corrected chi connectivity index (χ4v) is 1.39. The number of fused-ring (bicyclic) bond motifs is 1. The van der Waals surface area contributed by atoms with E-state index in [-0.39, 0.29) is 23.5 Å². The highest BCUT2D eigenvalue weighted by molar-refractivity contribution is 6.20. The van der Waals surface area contributed by atoms with Gasteiger partial charge in [0.1, 0.15) is 17.9 Å². The third-order valence-corrected chi connectivity index (χ3v) is 2.19. The number of carboxylic acid groups (broad SMARTS) is 1. The number of aromatic nitrogens is 2.